The van der Waals surface area contributed by atoms with Gasteiger partial charge < -0.3 is 0 Å². The first-order valence-electron chi connectivity index (χ1n) is 7.68. The van der Waals surface area contributed by atoms with Gasteiger partial charge in [0, 0.05) is 19.1 Å². The summed E-state index contributed by atoms with van der Waals surface area (Å²) in [6.07, 6.45) is 3.48. The van der Waals surface area contributed by atoms with Crippen molar-refractivity contribution in [2.75, 3.05) is 19.6 Å². The average molecular weight is 269 g/mol. The molecule has 0 bridgehead atoms. The van der Waals surface area contributed by atoms with Gasteiger partial charge in [-0.2, -0.15) is 5.26 Å². The minimum Gasteiger partial charge on any atom is -0.293 e. The summed E-state index contributed by atoms with van der Waals surface area (Å²) >= 11 is 0. The number of hydrogen-bond donors (Lipinski definition) is 0. The van der Waals surface area contributed by atoms with Gasteiger partial charge in [-0.15, -0.1) is 0 Å². The van der Waals surface area contributed by atoms with Crippen LogP contribution in [-0.2, 0) is 6.54 Å². The fourth-order valence-corrected chi connectivity index (χ4v) is 3.73. The van der Waals surface area contributed by atoms with Crippen molar-refractivity contribution in [3.05, 3.63) is 35.9 Å². The van der Waals surface area contributed by atoms with Crippen molar-refractivity contribution in [2.24, 2.45) is 0 Å². The van der Waals surface area contributed by atoms with E-state index in [2.05, 4.69) is 53.1 Å². The van der Waals surface area contributed by atoms with E-state index in [0.29, 0.717) is 6.04 Å². The third-order valence-corrected chi connectivity index (χ3v) is 4.87. The normalized spacial score (nSPS) is 31.5. The van der Waals surface area contributed by atoms with Crippen molar-refractivity contribution in [1.82, 2.24) is 9.80 Å². The number of likely N-dealkylation sites (tertiary alicyclic amines) is 2. The Balaban J connectivity index is 1.74. The van der Waals surface area contributed by atoms with Crippen molar-refractivity contribution in [1.29, 1.82) is 5.26 Å². The van der Waals surface area contributed by atoms with Gasteiger partial charge in [-0.05, 0) is 44.8 Å². The van der Waals surface area contributed by atoms with E-state index in [1.807, 2.05) is 0 Å². The molecule has 20 heavy (non-hydrogen) atoms. The lowest BCUT2D eigenvalue weighted by molar-refractivity contribution is 0.170. The molecule has 1 aromatic rings. The lowest BCUT2D eigenvalue weighted by Gasteiger charge is -2.32. The van der Waals surface area contributed by atoms with Crippen molar-refractivity contribution in [3.8, 4) is 6.07 Å². The summed E-state index contributed by atoms with van der Waals surface area (Å²) in [5.41, 5.74) is 1.10. The summed E-state index contributed by atoms with van der Waals surface area (Å²) in [4.78, 5) is 4.89. The van der Waals surface area contributed by atoms with Gasteiger partial charge in [0.25, 0.3) is 0 Å². The van der Waals surface area contributed by atoms with Crippen LogP contribution in [0.4, 0.5) is 0 Å². The minimum atomic E-state index is -0.245. The summed E-state index contributed by atoms with van der Waals surface area (Å²) in [6.45, 7) is 6.30. The lowest BCUT2D eigenvalue weighted by Crippen LogP contribution is -2.48. The molecule has 2 fully saturated rings. The second-order valence-corrected chi connectivity index (χ2v) is 6.28. The summed E-state index contributed by atoms with van der Waals surface area (Å²) in [7, 11) is 0. The molecule has 0 saturated carbocycles. The fraction of sp³-hybridized carbons (Fsp3) is 0.588. The number of benzene rings is 1. The zero-order valence-electron chi connectivity index (χ0n) is 12.3. The molecule has 0 aliphatic carbocycles. The third kappa shape index (κ3) is 2.46. The standard InChI is InChI=1S/C17H23N3/c1-15-11-17(13-18,20-9-5-6-10-20)14-19(15)12-16-7-3-2-4-8-16/h2-4,7-8,15H,5-6,9-12,14H2,1H3. The van der Waals surface area contributed by atoms with Crippen LogP contribution in [0.2, 0.25) is 0 Å². The number of nitriles is 1. The van der Waals surface area contributed by atoms with Gasteiger partial charge in [0.2, 0.25) is 0 Å². The Labute approximate surface area is 121 Å². The summed E-state index contributed by atoms with van der Waals surface area (Å²) in [5.74, 6) is 0. The lowest BCUT2D eigenvalue weighted by atomic mass is 9.96. The van der Waals surface area contributed by atoms with Crippen LogP contribution in [-0.4, -0.2) is 41.0 Å². The molecule has 2 aliphatic heterocycles. The first-order valence-corrected chi connectivity index (χ1v) is 7.68. The quantitative estimate of drug-likeness (QED) is 0.845. The summed E-state index contributed by atoms with van der Waals surface area (Å²) in [6, 6.07) is 13.7. The zero-order valence-corrected chi connectivity index (χ0v) is 12.3. The predicted octanol–water partition coefficient (Wildman–Crippen LogP) is 2.64. The second kappa shape index (κ2) is 5.55. The fourth-order valence-electron chi connectivity index (χ4n) is 3.73. The first-order chi connectivity index (χ1) is 9.73. The molecule has 0 spiro atoms. The summed E-state index contributed by atoms with van der Waals surface area (Å²) < 4.78 is 0. The molecule has 2 atom stereocenters. The Kier molecular flexibility index (Phi) is 3.78. The SMILES string of the molecule is CC1CC(C#N)(N2CCCC2)CN1Cc1ccccc1. The molecule has 2 saturated heterocycles. The van der Waals surface area contributed by atoms with Crippen LogP contribution in [0.1, 0.15) is 31.7 Å². The molecule has 2 aliphatic rings. The maximum Gasteiger partial charge on any atom is 0.123 e. The van der Waals surface area contributed by atoms with E-state index in [9.17, 15) is 5.26 Å². The second-order valence-electron chi connectivity index (χ2n) is 6.28. The smallest absolute Gasteiger partial charge is 0.123 e. The molecular weight excluding hydrogens is 246 g/mol. The zero-order chi connectivity index (χ0) is 14.0. The Bertz CT molecular complexity index is 487. The van der Waals surface area contributed by atoms with Crippen LogP contribution < -0.4 is 0 Å². The van der Waals surface area contributed by atoms with Crippen LogP contribution in [0, 0.1) is 11.3 Å². The van der Waals surface area contributed by atoms with Gasteiger partial charge in [0.05, 0.1) is 6.07 Å². The Hall–Kier alpha value is -1.37. The molecule has 2 heterocycles. The summed E-state index contributed by atoms with van der Waals surface area (Å²) in [5, 5.41) is 9.76. The molecule has 3 rings (SSSR count). The van der Waals surface area contributed by atoms with Crippen LogP contribution in [0.3, 0.4) is 0 Å². The first kappa shape index (κ1) is 13.6. The van der Waals surface area contributed by atoms with Crippen LogP contribution in [0.25, 0.3) is 0 Å². The molecule has 0 N–H and O–H groups in total. The van der Waals surface area contributed by atoms with Gasteiger partial charge in [0.15, 0.2) is 0 Å². The highest BCUT2D eigenvalue weighted by Crippen LogP contribution is 2.35. The highest BCUT2D eigenvalue weighted by Gasteiger charge is 2.47. The van der Waals surface area contributed by atoms with E-state index in [-0.39, 0.29) is 5.54 Å². The van der Waals surface area contributed by atoms with E-state index in [0.717, 1.165) is 32.6 Å². The van der Waals surface area contributed by atoms with Gasteiger partial charge in [-0.1, -0.05) is 30.3 Å². The molecular formula is C17H23N3. The van der Waals surface area contributed by atoms with E-state index < -0.39 is 0 Å². The van der Waals surface area contributed by atoms with E-state index >= 15 is 0 Å². The van der Waals surface area contributed by atoms with Crippen molar-refractivity contribution >= 4 is 0 Å². The topological polar surface area (TPSA) is 30.3 Å². The number of rotatable bonds is 3. The van der Waals surface area contributed by atoms with Gasteiger partial charge in [-0.3, -0.25) is 9.80 Å². The van der Waals surface area contributed by atoms with Gasteiger partial charge in [-0.25, -0.2) is 0 Å². The monoisotopic (exact) mass is 269 g/mol. The Morgan fingerprint density at radius 1 is 1.25 bits per heavy atom. The molecule has 1 aromatic carbocycles. The van der Waals surface area contributed by atoms with E-state index in [4.69, 9.17) is 0 Å². The van der Waals surface area contributed by atoms with E-state index in [1.54, 1.807) is 0 Å². The molecule has 0 aromatic heterocycles. The number of hydrogen-bond acceptors (Lipinski definition) is 3. The van der Waals surface area contributed by atoms with Gasteiger partial charge >= 0.3 is 0 Å². The predicted molar refractivity (Wildman–Crippen MR) is 80.1 cm³/mol. The molecule has 106 valence electrons. The largest absolute Gasteiger partial charge is 0.293 e. The minimum absolute atomic E-state index is 0.245. The van der Waals surface area contributed by atoms with Crippen molar-refractivity contribution < 1.29 is 0 Å². The van der Waals surface area contributed by atoms with Crippen LogP contribution in [0.5, 0.6) is 0 Å². The third-order valence-electron chi connectivity index (χ3n) is 4.87. The van der Waals surface area contributed by atoms with Crippen molar-refractivity contribution in [3.63, 3.8) is 0 Å². The highest BCUT2D eigenvalue weighted by atomic mass is 15.3. The molecule has 3 heteroatoms. The Morgan fingerprint density at radius 3 is 2.60 bits per heavy atom. The molecule has 0 amide bonds. The molecule has 0 radical (unpaired) electrons. The van der Waals surface area contributed by atoms with E-state index in [1.165, 1.54) is 18.4 Å². The highest BCUT2D eigenvalue weighted by molar-refractivity contribution is 5.19. The average Bonchev–Trinajstić information content (AvgIpc) is 3.10. The number of nitrogens with zero attached hydrogens (tertiary/aromatic N) is 3. The van der Waals surface area contributed by atoms with Crippen LogP contribution in [0.15, 0.2) is 30.3 Å². The van der Waals surface area contributed by atoms with Gasteiger partial charge in [0.1, 0.15) is 5.54 Å². The molecule has 2 unspecified atom stereocenters. The molecule has 3 nitrogen and oxygen atoms in total. The van der Waals surface area contributed by atoms with Crippen molar-refractivity contribution in [2.45, 2.75) is 44.3 Å². The van der Waals surface area contributed by atoms with Crippen LogP contribution >= 0.6 is 0 Å². The maximum atomic E-state index is 9.76. The maximum absolute atomic E-state index is 9.76. The Morgan fingerprint density at radius 2 is 1.95 bits per heavy atom.